The Labute approximate surface area is 73.4 Å². The monoisotopic (exact) mass is 166 g/mol. The van der Waals surface area contributed by atoms with E-state index >= 15 is 0 Å². The van der Waals surface area contributed by atoms with E-state index in [1.54, 1.807) is 6.07 Å². The fraction of sp³-hybridized carbons (Fsp3) is 0.455. The smallest absolute Gasteiger partial charge is 0.127 e. The molecule has 0 spiro atoms. The molecule has 0 heterocycles. The Hall–Kier alpha value is -0.850. The van der Waals surface area contributed by atoms with Crippen molar-refractivity contribution < 1.29 is 4.39 Å². The molecule has 0 aromatic heterocycles. The zero-order valence-electron chi connectivity index (χ0n) is 8.11. The van der Waals surface area contributed by atoms with Gasteiger partial charge in [0.05, 0.1) is 0 Å². The van der Waals surface area contributed by atoms with Gasteiger partial charge in [-0.25, -0.2) is 4.39 Å². The first-order valence-corrected chi connectivity index (χ1v) is 4.29. The summed E-state index contributed by atoms with van der Waals surface area (Å²) in [7, 11) is 0. The molecule has 1 rings (SSSR count). The molecule has 0 aliphatic heterocycles. The number of hydrogen-bond donors (Lipinski definition) is 0. The predicted molar refractivity (Wildman–Crippen MR) is 50.0 cm³/mol. The molecule has 0 saturated heterocycles. The minimum absolute atomic E-state index is 0.0671. The van der Waals surface area contributed by atoms with E-state index in [1.807, 2.05) is 33.8 Å². The largest absolute Gasteiger partial charge is 0.207 e. The van der Waals surface area contributed by atoms with Crippen LogP contribution in [0.1, 0.15) is 36.5 Å². The maximum Gasteiger partial charge on any atom is 0.127 e. The average molecular weight is 166 g/mol. The van der Waals surface area contributed by atoms with E-state index in [9.17, 15) is 4.39 Å². The Bertz CT molecular complexity index is 264. The standard InChI is InChI=1S/C11H15F/c1-7(2)11-9(4)5-8(3)6-10(11)12/h5-7H,1-4H3. The zero-order valence-corrected chi connectivity index (χ0v) is 8.11. The van der Waals surface area contributed by atoms with Crippen LogP contribution in [0.2, 0.25) is 0 Å². The van der Waals surface area contributed by atoms with Gasteiger partial charge in [-0.15, -0.1) is 0 Å². The highest BCUT2D eigenvalue weighted by atomic mass is 19.1. The lowest BCUT2D eigenvalue weighted by molar-refractivity contribution is 0.594. The van der Waals surface area contributed by atoms with Gasteiger partial charge in [0.25, 0.3) is 0 Å². The van der Waals surface area contributed by atoms with Crippen molar-refractivity contribution in [1.29, 1.82) is 0 Å². The van der Waals surface area contributed by atoms with Gasteiger partial charge in [-0.05, 0) is 42.5 Å². The highest BCUT2D eigenvalue weighted by Gasteiger charge is 2.09. The summed E-state index contributed by atoms with van der Waals surface area (Å²) in [5.74, 6) is 0.202. The molecule has 0 radical (unpaired) electrons. The van der Waals surface area contributed by atoms with Gasteiger partial charge >= 0.3 is 0 Å². The molecule has 1 heteroatoms. The lowest BCUT2D eigenvalue weighted by Gasteiger charge is -2.11. The van der Waals surface area contributed by atoms with E-state index in [1.165, 1.54) is 0 Å². The van der Waals surface area contributed by atoms with Gasteiger partial charge in [0.15, 0.2) is 0 Å². The highest BCUT2D eigenvalue weighted by molar-refractivity contribution is 5.33. The van der Waals surface area contributed by atoms with Gasteiger partial charge in [0.1, 0.15) is 5.82 Å². The summed E-state index contributed by atoms with van der Waals surface area (Å²) in [6.07, 6.45) is 0. The summed E-state index contributed by atoms with van der Waals surface area (Å²) < 4.78 is 13.4. The second kappa shape index (κ2) is 3.26. The van der Waals surface area contributed by atoms with Gasteiger partial charge in [-0.2, -0.15) is 0 Å². The quantitative estimate of drug-likeness (QED) is 0.598. The van der Waals surface area contributed by atoms with Crippen LogP contribution in [-0.2, 0) is 0 Å². The van der Waals surface area contributed by atoms with Crippen molar-refractivity contribution in [2.75, 3.05) is 0 Å². The van der Waals surface area contributed by atoms with Gasteiger partial charge in [-0.1, -0.05) is 19.9 Å². The summed E-state index contributed by atoms with van der Waals surface area (Å²) in [6, 6.07) is 3.63. The highest BCUT2D eigenvalue weighted by Crippen LogP contribution is 2.23. The topological polar surface area (TPSA) is 0 Å². The van der Waals surface area contributed by atoms with E-state index in [0.717, 1.165) is 16.7 Å². The predicted octanol–water partition coefficient (Wildman–Crippen LogP) is 3.57. The van der Waals surface area contributed by atoms with Crippen molar-refractivity contribution in [2.24, 2.45) is 0 Å². The number of benzene rings is 1. The Morgan fingerprint density at radius 2 is 1.75 bits per heavy atom. The molecule has 66 valence electrons. The van der Waals surface area contributed by atoms with Crippen LogP contribution in [0.15, 0.2) is 12.1 Å². The van der Waals surface area contributed by atoms with Crippen LogP contribution in [0.4, 0.5) is 4.39 Å². The van der Waals surface area contributed by atoms with Crippen molar-refractivity contribution in [3.63, 3.8) is 0 Å². The fourth-order valence-electron chi connectivity index (χ4n) is 1.66. The molecular formula is C11H15F. The van der Waals surface area contributed by atoms with E-state index in [0.29, 0.717) is 0 Å². The first-order chi connectivity index (χ1) is 5.52. The number of aryl methyl sites for hydroxylation is 2. The van der Waals surface area contributed by atoms with Crippen molar-refractivity contribution in [3.05, 3.63) is 34.6 Å². The van der Waals surface area contributed by atoms with E-state index in [2.05, 4.69) is 0 Å². The maximum atomic E-state index is 13.4. The lowest BCUT2D eigenvalue weighted by Crippen LogP contribution is -1.97. The van der Waals surface area contributed by atoms with Gasteiger partial charge in [0, 0.05) is 0 Å². The summed E-state index contributed by atoms with van der Waals surface area (Å²) >= 11 is 0. The Morgan fingerprint density at radius 3 is 2.17 bits per heavy atom. The molecule has 0 amide bonds. The van der Waals surface area contributed by atoms with Crippen LogP contribution in [0.3, 0.4) is 0 Å². The molecule has 1 aromatic carbocycles. The van der Waals surface area contributed by atoms with Gasteiger partial charge < -0.3 is 0 Å². The van der Waals surface area contributed by atoms with Crippen molar-refractivity contribution in [1.82, 2.24) is 0 Å². The molecule has 0 unspecified atom stereocenters. The number of hydrogen-bond acceptors (Lipinski definition) is 0. The first kappa shape index (κ1) is 9.24. The Morgan fingerprint density at radius 1 is 1.17 bits per heavy atom. The molecule has 0 nitrogen and oxygen atoms in total. The molecule has 0 saturated carbocycles. The average Bonchev–Trinajstić information content (AvgIpc) is 1.82. The first-order valence-electron chi connectivity index (χ1n) is 4.29. The molecule has 0 atom stereocenters. The van der Waals surface area contributed by atoms with Crippen LogP contribution in [0, 0.1) is 19.7 Å². The van der Waals surface area contributed by atoms with Crippen LogP contribution in [0.5, 0.6) is 0 Å². The van der Waals surface area contributed by atoms with E-state index < -0.39 is 0 Å². The van der Waals surface area contributed by atoms with Crippen molar-refractivity contribution in [3.8, 4) is 0 Å². The summed E-state index contributed by atoms with van der Waals surface area (Å²) in [5, 5.41) is 0. The summed E-state index contributed by atoms with van der Waals surface area (Å²) in [5.41, 5.74) is 2.90. The molecule has 0 bridgehead atoms. The third kappa shape index (κ3) is 1.66. The summed E-state index contributed by atoms with van der Waals surface area (Å²) in [6.45, 7) is 7.91. The number of halogens is 1. The van der Waals surface area contributed by atoms with Crippen molar-refractivity contribution in [2.45, 2.75) is 33.6 Å². The van der Waals surface area contributed by atoms with Crippen LogP contribution >= 0.6 is 0 Å². The third-order valence-electron chi connectivity index (χ3n) is 2.06. The fourth-order valence-corrected chi connectivity index (χ4v) is 1.66. The Balaban J connectivity index is 3.28. The maximum absolute atomic E-state index is 13.4. The molecular weight excluding hydrogens is 151 g/mol. The van der Waals surface area contributed by atoms with Crippen LogP contribution in [-0.4, -0.2) is 0 Å². The third-order valence-corrected chi connectivity index (χ3v) is 2.06. The van der Waals surface area contributed by atoms with E-state index in [-0.39, 0.29) is 11.7 Å². The molecule has 0 aliphatic rings. The van der Waals surface area contributed by atoms with Crippen molar-refractivity contribution >= 4 is 0 Å². The normalized spacial score (nSPS) is 10.8. The molecule has 0 aliphatic carbocycles. The lowest BCUT2D eigenvalue weighted by atomic mass is 9.96. The minimum atomic E-state index is -0.0671. The molecule has 12 heavy (non-hydrogen) atoms. The second-order valence-electron chi connectivity index (χ2n) is 3.63. The Kier molecular flexibility index (Phi) is 2.51. The second-order valence-corrected chi connectivity index (χ2v) is 3.63. The van der Waals surface area contributed by atoms with Crippen LogP contribution < -0.4 is 0 Å². The SMILES string of the molecule is Cc1cc(C)c(C(C)C)c(F)c1. The number of rotatable bonds is 1. The molecule has 0 fully saturated rings. The van der Waals surface area contributed by atoms with Crippen LogP contribution in [0.25, 0.3) is 0 Å². The molecule has 1 aromatic rings. The summed E-state index contributed by atoms with van der Waals surface area (Å²) in [4.78, 5) is 0. The van der Waals surface area contributed by atoms with E-state index in [4.69, 9.17) is 0 Å². The van der Waals surface area contributed by atoms with Gasteiger partial charge in [0.2, 0.25) is 0 Å². The van der Waals surface area contributed by atoms with Gasteiger partial charge in [-0.3, -0.25) is 0 Å². The minimum Gasteiger partial charge on any atom is -0.207 e. The molecule has 0 N–H and O–H groups in total. The zero-order chi connectivity index (χ0) is 9.30.